The maximum atomic E-state index is 12.2. The molecule has 0 aromatic rings. The lowest BCUT2D eigenvalue weighted by Crippen LogP contribution is -2.42. The summed E-state index contributed by atoms with van der Waals surface area (Å²) in [4.78, 5) is 46.8. The number of methoxy groups -OCH3 is 3. The molecule has 0 aliphatic heterocycles. The first-order chi connectivity index (χ1) is 16.6. The summed E-state index contributed by atoms with van der Waals surface area (Å²) in [7, 11) is 4.59. The highest BCUT2D eigenvalue weighted by molar-refractivity contribution is 14.0. The molecule has 10 nitrogen and oxygen atoms in total. The number of unbranched alkanes of at least 4 members (excludes halogenated alkanes) is 2. The zero-order valence-electron chi connectivity index (χ0n) is 21.8. The Labute approximate surface area is 293 Å². The second-order valence-electron chi connectivity index (χ2n) is 7.97. The molecule has 1 atom stereocenters. The van der Waals surface area contributed by atoms with Gasteiger partial charge < -0.3 is 28.4 Å². The molecule has 0 amide bonds. The predicted molar refractivity (Wildman–Crippen MR) is 201 cm³/mol. The number of carbonyl (C=O) groups excluding carboxylic acids is 4. The normalized spacial score (nSPS) is 9.18. The van der Waals surface area contributed by atoms with Crippen LogP contribution in [0.4, 0.5) is 0 Å². The van der Waals surface area contributed by atoms with E-state index in [1.54, 1.807) is 0 Å². The van der Waals surface area contributed by atoms with Crippen molar-refractivity contribution in [2.75, 3.05) is 54.4 Å². The lowest BCUT2D eigenvalue weighted by atomic mass is 9.92. The Morgan fingerprint density at radius 2 is 1.16 bits per heavy atom. The van der Waals surface area contributed by atoms with Crippen LogP contribution in [0.2, 0.25) is 0 Å². The Balaban J connectivity index is -0.0000000888. The van der Waals surface area contributed by atoms with Crippen molar-refractivity contribution in [3.8, 4) is 0 Å². The van der Waals surface area contributed by atoms with E-state index in [0.717, 1.165) is 0 Å². The van der Waals surface area contributed by atoms with E-state index < -0.39 is 29.4 Å². The number of ether oxygens (including phenoxy) is 6. The van der Waals surface area contributed by atoms with Gasteiger partial charge in [-0.25, -0.2) is 9.59 Å². The van der Waals surface area contributed by atoms with Crippen molar-refractivity contribution in [2.45, 2.75) is 126 Å². The number of hydrogen-bond donors (Lipinski definition) is 0. The van der Waals surface area contributed by atoms with Crippen molar-refractivity contribution in [1.82, 2.24) is 0 Å². The van der Waals surface area contributed by atoms with Gasteiger partial charge in [0.15, 0.2) is 6.10 Å². The molecule has 0 fully saturated rings. The maximum Gasteiger partial charge on any atom is 0.347 e. The lowest BCUT2D eigenvalue weighted by Gasteiger charge is -2.31. The molecule has 0 N–H and O–H groups in total. The summed E-state index contributed by atoms with van der Waals surface area (Å²) >= 11 is 1.40. The lowest BCUT2D eigenvalue weighted by molar-refractivity contribution is -0.172. The number of ketones is 1. The maximum absolute atomic E-state index is 12.2. The molecule has 0 heterocycles. The molecule has 0 aromatic heterocycles. The minimum absolute atomic E-state index is 0. The molecule has 0 aliphatic rings. The van der Waals surface area contributed by atoms with Gasteiger partial charge in [0.2, 0.25) is 0 Å². The SMILES string of the molecule is C.C.C.C.C.C.C.C.C.C.C=C(CC(C)=O)C(=O)OCCCCCC(=O)OC(C)C(=O)OCC(COC)(COC)COC.[3H]I. The van der Waals surface area contributed by atoms with Gasteiger partial charge in [-0.15, -0.1) is 23.8 Å². The highest BCUT2D eigenvalue weighted by atomic mass is 127. The van der Waals surface area contributed by atoms with E-state index >= 15 is 0 Å². The minimum Gasteiger partial charge on any atom is -0.462 e. The molecule has 0 spiro atoms. The van der Waals surface area contributed by atoms with Crippen molar-refractivity contribution >= 4 is 47.5 Å². The smallest absolute Gasteiger partial charge is 0.347 e. The third-order valence-corrected chi connectivity index (χ3v) is 4.52. The first kappa shape index (κ1) is 73.7. The predicted octanol–water partition coefficient (Wildman–Crippen LogP) is 9.00. The standard InChI is InChI=1S/C23H38O10.10CH4.HI/c1-17(12-18(2)24)21(26)31-11-9-7-8-10-20(25)33-19(3)22(27)32-16-23(13-28-4,14-29-5)15-30-6;;;;;;;;;;;/h19H,1,7-16H2,2-6H3;10*1H4;1H/i/hT. The van der Waals surface area contributed by atoms with Gasteiger partial charge in [0.25, 0.3) is 0 Å². The molecule has 1 unspecified atom stereocenters. The van der Waals surface area contributed by atoms with Crippen LogP contribution in [0.15, 0.2) is 12.2 Å². The number of Topliss-reactive ketones (excluding diaryl/α,β-unsaturated/α-hetero) is 1. The quantitative estimate of drug-likeness (QED) is 0.0414. The van der Waals surface area contributed by atoms with Gasteiger partial charge in [0, 0.05) is 39.7 Å². The highest BCUT2D eigenvalue weighted by Crippen LogP contribution is 2.20. The molecular formula is C33H79IO10. The Bertz CT molecular complexity index is 644. The van der Waals surface area contributed by atoms with Gasteiger partial charge in [-0.3, -0.25) is 9.59 Å². The van der Waals surface area contributed by atoms with E-state index in [4.69, 9.17) is 29.0 Å². The molecule has 0 bridgehead atoms. The topological polar surface area (TPSA) is 124 Å². The Morgan fingerprint density at radius 3 is 1.55 bits per heavy atom. The van der Waals surface area contributed by atoms with E-state index in [2.05, 4.69) is 6.58 Å². The van der Waals surface area contributed by atoms with Crippen molar-refractivity contribution in [3.63, 3.8) is 0 Å². The Morgan fingerprint density at radius 1 is 0.727 bits per heavy atom. The summed E-state index contributed by atoms with van der Waals surface area (Å²) in [5.41, 5.74) is -0.546. The fourth-order valence-electron chi connectivity index (χ4n) is 3.00. The van der Waals surface area contributed by atoms with Crippen molar-refractivity contribution in [1.29, 1.82) is 0.594 Å². The summed E-state index contributed by atoms with van der Waals surface area (Å²) in [6.07, 6.45) is 0.695. The largest absolute Gasteiger partial charge is 0.462 e. The van der Waals surface area contributed by atoms with Crippen molar-refractivity contribution in [2.24, 2.45) is 5.41 Å². The molecule has 0 rings (SSSR count). The monoisotopic (exact) mass is 764 g/mol. The van der Waals surface area contributed by atoms with Gasteiger partial charge in [-0.2, -0.15) is 0 Å². The second-order valence-corrected chi connectivity index (χ2v) is 7.97. The zero-order valence-corrected chi connectivity index (χ0v) is 23.0. The Kier molecular flexibility index (Phi) is 76.8. The molecule has 0 saturated carbocycles. The van der Waals surface area contributed by atoms with Crippen LogP contribution < -0.4 is 0 Å². The van der Waals surface area contributed by atoms with Crippen LogP contribution in [0.5, 0.6) is 0 Å². The van der Waals surface area contributed by atoms with Crippen LogP contribution in [0.3, 0.4) is 0 Å². The van der Waals surface area contributed by atoms with Gasteiger partial charge in [0.1, 0.15) is 13.0 Å². The van der Waals surface area contributed by atoms with Crippen LogP contribution in [-0.2, 0) is 47.6 Å². The number of halogens is 1. The van der Waals surface area contributed by atoms with Crippen LogP contribution in [0.1, 0.15) is 120 Å². The van der Waals surface area contributed by atoms with Gasteiger partial charge in [0.05, 0.1) is 31.8 Å². The fourth-order valence-corrected chi connectivity index (χ4v) is 3.00. The molecule has 0 saturated heterocycles. The van der Waals surface area contributed by atoms with Crippen LogP contribution in [0, 0.1) is 5.41 Å². The van der Waals surface area contributed by atoms with E-state index in [1.807, 2.05) is 0 Å². The number of hydrogen-bond acceptors (Lipinski definition) is 10. The first-order valence-corrected chi connectivity index (χ1v) is 10.8. The van der Waals surface area contributed by atoms with E-state index in [0.29, 0.717) is 19.3 Å². The van der Waals surface area contributed by atoms with Gasteiger partial charge in [-0.05, 0) is 33.1 Å². The third-order valence-electron chi connectivity index (χ3n) is 4.52. The van der Waals surface area contributed by atoms with Crippen LogP contribution in [-0.4, -0.2) is 84.8 Å². The summed E-state index contributed by atoms with van der Waals surface area (Å²) in [6, 6.07) is 0. The van der Waals surface area contributed by atoms with E-state index in [1.165, 1.54) is 59.0 Å². The molecule has 278 valence electrons. The number of esters is 3. The van der Waals surface area contributed by atoms with Crippen molar-refractivity contribution in [3.05, 3.63) is 12.2 Å². The Hall–Kier alpha value is -1.57. The number of rotatable bonds is 19. The van der Waals surface area contributed by atoms with E-state index in [-0.39, 0.29) is 131 Å². The van der Waals surface area contributed by atoms with Crippen LogP contribution >= 0.6 is 23.8 Å². The average Bonchev–Trinajstić information content (AvgIpc) is 2.80. The third kappa shape index (κ3) is 36.6. The molecule has 0 aliphatic carbocycles. The van der Waals surface area contributed by atoms with Crippen molar-refractivity contribution < 1.29 is 47.6 Å². The van der Waals surface area contributed by atoms with E-state index in [9.17, 15) is 19.2 Å². The summed E-state index contributed by atoms with van der Waals surface area (Å²) in [6.45, 7) is 7.26. The molecule has 44 heavy (non-hydrogen) atoms. The zero-order chi connectivity index (χ0) is 27.3. The highest BCUT2D eigenvalue weighted by Gasteiger charge is 2.34. The van der Waals surface area contributed by atoms with Gasteiger partial charge >= 0.3 is 17.9 Å². The minimum atomic E-state index is -1.06. The summed E-state index contributed by atoms with van der Waals surface area (Å²) in [5.74, 6) is -1.95. The average molecular weight is 765 g/mol. The second kappa shape index (κ2) is 45.9. The molecular weight excluding hydrogens is 683 g/mol. The molecule has 11 heteroatoms. The molecule has 0 radical (unpaired) electrons. The van der Waals surface area contributed by atoms with Gasteiger partial charge in [-0.1, -0.05) is 80.8 Å². The molecule has 0 aromatic carbocycles. The fraction of sp³-hybridized carbons (Fsp3) is 0.818. The van der Waals surface area contributed by atoms with Crippen LogP contribution in [0.25, 0.3) is 0 Å². The number of carbonyl (C=O) groups is 4. The summed E-state index contributed by atoms with van der Waals surface area (Å²) < 4.78 is 36.8. The summed E-state index contributed by atoms with van der Waals surface area (Å²) in [5, 5.41) is 0. The first-order valence-electron chi connectivity index (χ1n) is 11.2.